The molecule has 0 saturated heterocycles. The predicted molar refractivity (Wildman–Crippen MR) is 71.9 cm³/mol. The van der Waals surface area contributed by atoms with Gasteiger partial charge in [0.2, 0.25) is 0 Å². The Kier molecular flexibility index (Phi) is 3.59. The molecule has 0 aliphatic rings. The molecule has 1 amide bonds. The van der Waals surface area contributed by atoms with Gasteiger partial charge in [0.05, 0.1) is 10.7 Å². The molecule has 0 radical (unpaired) electrons. The molecule has 0 saturated carbocycles. The van der Waals surface area contributed by atoms with Crippen molar-refractivity contribution in [3.8, 4) is 11.3 Å². The van der Waals surface area contributed by atoms with Crippen molar-refractivity contribution in [3.05, 3.63) is 39.5 Å². The second-order valence-corrected chi connectivity index (χ2v) is 4.61. The number of halogens is 2. The zero-order valence-corrected chi connectivity index (χ0v) is 11.1. The van der Waals surface area contributed by atoms with Crippen LogP contribution in [0.4, 0.5) is 0 Å². The number of aromatic amines is 1. The Morgan fingerprint density at radius 1 is 1.44 bits per heavy atom. The number of aromatic nitrogens is 2. The van der Waals surface area contributed by atoms with E-state index in [4.69, 9.17) is 28.9 Å². The third kappa shape index (κ3) is 2.21. The van der Waals surface area contributed by atoms with Gasteiger partial charge >= 0.3 is 0 Å². The first-order valence-electron chi connectivity index (χ1n) is 5.37. The van der Waals surface area contributed by atoms with Gasteiger partial charge in [-0.1, -0.05) is 30.1 Å². The monoisotopic (exact) mass is 283 g/mol. The predicted octanol–water partition coefficient (Wildman–Crippen LogP) is 3.04. The van der Waals surface area contributed by atoms with E-state index in [2.05, 4.69) is 10.2 Å². The average Bonchev–Trinajstić information content (AvgIpc) is 2.72. The molecule has 0 unspecified atom stereocenters. The van der Waals surface area contributed by atoms with Crippen LogP contribution in [-0.2, 0) is 6.42 Å². The highest BCUT2D eigenvalue weighted by Gasteiger charge is 2.18. The summed E-state index contributed by atoms with van der Waals surface area (Å²) in [6.07, 6.45) is 0.628. The minimum absolute atomic E-state index is 0.249. The second kappa shape index (κ2) is 5.00. The van der Waals surface area contributed by atoms with Gasteiger partial charge in [-0.05, 0) is 24.6 Å². The quantitative estimate of drug-likeness (QED) is 0.909. The number of H-pyrrole nitrogens is 1. The number of nitrogens with two attached hydrogens (primary N) is 1. The molecule has 0 atom stereocenters. The van der Waals surface area contributed by atoms with Crippen LogP contribution in [0.15, 0.2) is 18.2 Å². The summed E-state index contributed by atoms with van der Waals surface area (Å²) in [6, 6.07) is 5.15. The molecule has 0 aliphatic carbocycles. The molecule has 2 aromatic rings. The Labute approximate surface area is 114 Å². The number of hydrogen-bond acceptors (Lipinski definition) is 2. The number of amides is 1. The van der Waals surface area contributed by atoms with Crippen LogP contribution in [0.25, 0.3) is 11.3 Å². The summed E-state index contributed by atoms with van der Waals surface area (Å²) < 4.78 is 0. The van der Waals surface area contributed by atoms with Gasteiger partial charge < -0.3 is 5.73 Å². The van der Waals surface area contributed by atoms with E-state index in [1.165, 1.54) is 0 Å². The smallest absolute Gasteiger partial charge is 0.269 e. The first kappa shape index (κ1) is 12.9. The highest BCUT2D eigenvalue weighted by Crippen LogP contribution is 2.32. The number of benzene rings is 1. The van der Waals surface area contributed by atoms with Crippen LogP contribution in [0, 0.1) is 0 Å². The van der Waals surface area contributed by atoms with Crippen molar-refractivity contribution in [2.24, 2.45) is 5.73 Å². The van der Waals surface area contributed by atoms with Crippen molar-refractivity contribution in [2.45, 2.75) is 13.3 Å². The van der Waals surface area contributed by atoms with Gasteiger partial charge in [-0.15, -0.1) is 0 Å². The minimum Gasteiger partial charge on any atom is -0.364 e. The maximum atomic E-state index is 11.2. The van der Waals surface area contributed by atoms with Crippen molar-refractivity contribution in [3.63, 3.8) is 0 Å². The van der Waals surface area contributed by atoms with Crippen LogP contribution >= 0.6 is 23.2 Å². The van der Waals surface area contributed by atoms with Gasteiger partial charge in [-0.2, -0.15) is 5.10 Å². The van der Waals surface area contributed by atoms with Crippen molar-refractivity contribution in [1.82, 2.24) is 10.2 Å². The fourth-order valence-electron chi connectivity index (χ4n) is 1.83. The SMILES string of the molecule is CCc1c(C(N)=O)n[nH]c1-c1ccc(Cl)cc1Cl. The standard InChI is InChI=1S/C12H11Cl2N3O/c1-2-7-10(16-17-11(7)12(15)18)8-4-3-6(13)5-9(8)14/h3-5H,2H2,1H3,(H2,15,18)(H,16,17). The van der Waals surface area contributed by atoms with Crippen molar-refractivity contribution in [2.75, 3.05) is 0 Å². The molecule has 0 bridgehead atoms. The van der Waals surface area contributed by atoms with E-state index in [9.17, 15) is 4.79 Å². The van der Waals surface area contributed by atoms with Gasteiger partial charge in [-0.3, -0.25) is 9.89 Å². The minimum atomic E-state index is -0.556. The summed E-state index contributed by atoms with van der Waals surface area (Å²) in [5.41, 5.74) is 7.72. The summed E-state index contributed by atoms with van der Waals surface area (Å²) in [5.74, 6) is -0.556. The third-order valence-electron chi connectivity index (χ3n) is 2.65. The van der Waals surface area contributed by atoms with E-state index >= 15 is 0 Å². The number of primary amides is 1. The third-order valence-corrected chi connectivity index (χ3v) is 3.20. The molecular weight excluding hydrogens is 273 g/mol. The lowest BCUT2D eigenvalue weighted by molar-refractivity contribution is 0.0994. The molecule has 1 aromatic carbocycles. The Hall–Kier alpha value is -1.52. The van der Waals surface area contributed by atoms with Gasteiger partial charge in [0.25, 0.3) is 5.91 Å². The lowest BCUT2D eigenvalue weighted by atomic mass is 10.0. The van der Waals surface area contributed by atoms with Crippen molar-refractivity contribution < 1.29 is 4.79 Å². The number of carbonyl (C=O) groups excluding carboxylic acids is 1. The first-order chi connectivity index (χ1) is 8.54. The topological polar surface area (TPSA) is 71.8 Å². The van der Waals surface area contributed by atoms with Crippen LogP contribution in [0.1, 0.15) is 23.0 Å². The Morgan fingerprint density at radius 2 is 2.17 bits per heavy atom. The molecule has 6 heteroatoms. The van der Waals surface area contributed by atoms with E-state index in [0.29, 0.717) is 22.2 Å². The fraction of sp³-hybridized carbons (Fsp3) is 0.167. The van der Waals surface area contributed by atoms with E-state index < -0.39 is 5.91 Å². The van der Waals surface area contributed by atoms with E-state index in [1.807, 2.05) is 6.92 Å². The zero-order chi connectivity index (χ0) is 13.3. The highest BCUT2D eigenvalue weighted by atomic mass is 35.5. The summed E-state index contributed by atoms with van der Waals surface area (Å²) in [7, 11) is 0. The number of nitrogens with zero attached hydrogens (tertiary/aromatic N) is 1. The molecule has 0 fully saturated rings. The molecule has 18 heavy (non-hydrogen) atoms. The lowest BCUT2D eigenvalue weighted by Gasteiger charge is -2.05. The second-order valence-electron chi connectivity index (χ2n) is 3.77. The van der Waals surface area contributed by atoms with Crippen LogP contribution in [0.2, 0.25) is 10.0 Å². The van der Waals surface area contributed by atoms with Crippen LogP contribution in [0.5, 0.6) is 0 Å². The molecule has 1 aromatic heterocycles. The van der Waals surface area contributed by atoms with E-state index in [1.54, 1.807) is 18.2 Å². The zero-order valence-electron chi connectivity index (χ0n) is 9.63. The van der Waals surface area contributed by atoms with Gasteiger partial charge in [0, 0.05) is 16.1 Å². The Morgan fingerprint density at radius 3 is 2.72 bits per heavy atom. The molecule has 0 aliphatic heterocycles. The lowest BCUT2D eigenvalue weighted by Crippen LogP contribution is -2.13. The van der Waals surface area contributed by atoms with E-state index in [-0.39, 0.29) is 5.69 Å². The van der Waals surface area contributed by atoms with Crippen LogP contribution in [0.3, 0.4) is 0 Å². The Bertz CT molecular complexity index is 607. The number of nitrogens with one attached hydrogen (secondary N) is 1. The largest absolute Gasteiger partial charge is 0.364 e. The normalized spacial score (nSPS) is 10.6. The molecule has 0 spiro atoms. The van der Waals surface area contributed by atoms with E-state index in [0.717, 1.165) is 11.1 Å². The van der Waals surface area contributed by atoms with Crippen molar-refractivity contribution >= 4 is 29.1 Å². The molecule has 94 valence electrons. The number of hydrogen-bond donors (Lipinski definition) is 2. The first-order valence-corrected chi connectivity index (χ1v) is 6.12. The Balaban J connectivity index is 2.60. The fourth-order valence-corrected chi connectivity index (χ4v) is 2.33. The van der Waals surface area contributed by atoms with Gasteiger partial charge in [-0.25, -0.2) is 0 Å². The van der Waals surface area contributed by atoms with Crippen LogP contribution < -0.4 is 5.73 Å². The summed E-state index contributed by atoms with van der Waals surface area (Å²) in [5, 5.41) is 7.79. The van der Waals surface area contributed by atoms with Gasteiger partial charge in [0.15, 0.2) is 5.69 Å². The molecule has 3 N–H and O–H groups in total. The molecular formula is C12H11Cl2N3O. The molecule has 2 rings (SSSR count). The average molecular weight is 284 g/mol. The molecule has 1 heterocycles. The summed E-state index contributed by atoms with van der Waals surface area (Å²) in [4.78, 5) is 11.2. The number of rotatable bonds is 3. The van der Waals surface area contributed by atoms with Crippen LogP contribution in [-0.4, -0.2) is 16.1 Å². The summed E-state index contributed by atoms with van der Waals surface area (Å²) in [6.45, 7) is 1.92. The van der Waals surface area contributed by atoms with Crippen molar-refractivity contribution in [1.29, 1.82) is 0 Å². The summed E-state index contributed by atoms with van der Waals surface area (Å²) >= 11 is 12.0. The maximum absolute atomic E-state index is 11.2. The maximum Gasteiger partial charge on any atom is 0.269 e. The highest BCUT2D eigenvalue weighted by molar-refractivity contribution is 6.36. The number of carbonyl (C=O) groups is 1. The molecule has 4 nitrogen and oxygen atoms in total. The van der Waals surface area contributed by atoms with Gasteiger partial charge in [0.1, 0.15) is 0 Å².